The van der Waals surface area contributed by atoms with Crippen molar-refractivity contribution in [3.05, 3.63) is 0 Å². The van der Waals surface area contributed by atoms with Gasteiger partial charge in [0.1, 0.15) is 0 Å². The molecular formula is C15H33NO. The Morgan fingerprint density at radius 3 is 1.88 bits per heavy atom. The molecule has 0 spiro atoms. The summed E-state index contributed by atoms with van der Waals surface area (Å²) in [7, 11) is 0. The van der Waals surface area contributed by atoms with Gasteiger partial charge < -0.3 is 10.0 Å². The summed E-state index contributed by atoms with van der Waals surface area (Å²) in [5.41, 5.74) is -0.558. The Bertz CT molecular complexity index is 163. The highest BCUT2D eigenvalue weighted by Crippen LogP contribution is 2.09. The molecule has 0 unspecified atom stereocenters. The Kier molecular flexibility index (Phi) is 9.85. The lowest BCUT2D eigenvalue weighted by Crippen LogP contribution is -2.39. The zero-order chi connectivity index (χ0) is 13.1. The van der Waals surface area contributed by atoms with Gasteiger partial charge in [-0.3, -0.25) is 0 Å². The monoisotopic (exact) mass is 243 g/mol. The average molecular weight is 243 g/mol. The van der Waals surface area contributed by atoms with Crippen LogP contribution in [0.2, 0.25) is 0 Å². The number of likely N-dealkylation sites (N-methyl/N-ethyl adjacent to an activating group) is 1. The lowest BCUT2D eigenvalue weighted by molar-refractivity contribution is 0.0373. The first kappa shape index (κ1) is 16.9. The standard InChI is InChI=1S/C15H33NO/c1-5-7-8-9-10-11-12-13-16(6-2)14-15(3,4)17/h17H,5-14H2,1-4H3. The molecule has 0 heterocycles. The van der Waals surface area contributed by atoms with Crippen LogP contribution in [0.3, 0.4) is 0 Å². The van der Waals surface area contributed by atoms with Crippen LogP contribution in [-0.4, -0.2) is 35.2 Å². The highest BCUT2D eigenvalue weighted by molar-refractivity contribution is 4.71. The average Bonchev–Trinajstić information content (AvgIpc) is 2.24. The Morgan fingerprint density at radius 1 is 0.882 bits per heavy atom. The third-order valence-corrected chi connectivity index (χ3v) is 3.14. The van der Waals surface area contributed by atoms with Gasteiger partial charge in [0.2, 0.25) is 0 Å². The molecule has 0 bridgehead atoms. The van der Waals surface area contributed by atoms with Crippen LogP contribution in [-0.2, 0) is 0 Å². The summed E-state index contributed by atoms with van der Waals surface area (Å²) in [6.07, 6.45) is 9.50. The van der Waals surface area contributed by atoms with Gasteiger partial charge in [0.15, 0.2) is 0 Å². The van der Waals surface area contributed by atoms with E-state index < -0.39 is 5.60 Å². The molecule has 0 aromatic rings. The van der Waals surface area contributed by atoms with E-state index in [1.54, 1.807) is 0 Å². The van der Waals surface area contributed by atoms with Crippen LogP contribution in [0.15, 0.2) is 0 Å². The quantitative estimate of drug-likeness (QED) is 0.558. The minimum Gasteiger partial charge on any atom is -0.389 e. The van der Waals surface area contributed by atoms with E-state index in [-0.39, 0.29) is 0 Å². The Morgan fingerprint density at radius 2 is 1.41 bits per heavy atom. The number of rotatable bonds is 11. The number of hydrogen-bond acceptors (Lipinski definition) is 2. The normalized spacial score (nSPS) is 12.4. The molecule has 17 heavy (non-hydrogen) atoms. The topological polar surface area (TPSA) is 23.5 Å². The largest absolute Gasteiger partial charge is 0.389 e. The minimum atomic E-state index is -0.558. The molecule has 0 fully saturated rings. The summed E-state index contributed by atoms with van der Waals surface area (Å²) in [5.74, 6) is 0. The molecule has 0 aliphatic rings. The number of unbranched alkanes of at least 4 members (excludes halogenated alkanes) is 6. The Labute approximate surface area is 108 Å². The van der Waals surface area contributed by atoms with Crippen molar-refractivity contribution < 1.29 is 5.11 Å². The maximum atomic E-state index is 9.78. The van der Waals surface area contributed by atoms with E-state index in [0.717, 1.165) is 19.6 Å². The maximum absolute atomic E-state index is 9.78. The van der Waals surface area contributed by atoms with Gasteiger partial charge in [0, 0.05) is 6.54 Å². The molecule has 0 aliphatic carbocycles. The van der Waals surface area contributed by atoms with E-state index >= 15 is 0 Å². The van der Waals surface area contributed by atoms with Gasteiger partial charge in [-0.2, -0.15) is 0 Å². The number of nitrogens with zero attached hydrogens (tertiary/aromatic N) is 1. The van der Waals surface area contributed by atoms with E-state index in [1.807, 2.05) is 13.8 Å². The molecule has 0 radical (unpaired) electrons. The molecule has 2 nitrogen and oxygen atoms in total. The fourth-order valence-corrected chi connectivity index (χ4v) is 2.19. The van der Waals surface area contributed by atoms with E-state index in [0.29, 0.717) is 0 Å². The van der Waals surface area contributed by atoms with E-state index in [4.69, 9.17) is 0 Å². The fraction of sp³-hybridized carbons (Fsp3) is 1.00. The predicted octanol–water partition coefficient (Wildman–Crippen LogP) is 3.83. The summed E-state index contributed by atoms with van der Waals surface area (Å²) < 4.78 is 0. The summed E-state index contributed by atoms with van der Waals surface area (Å²) in [6, 6.07) is 0. The van der Waals surface area contributed by atoms with Gasteiger partial charge in [-0.1, -0.05) is 52.4 Å². The van der Waals surface area contributed by atoms with Crippen LogP contribution in [0, 0.1) is 0 Å². The first-order chi connectivity index (χ1) is 7.99. The highest BCUT2D eigenvalue weighted by atomic mass is 16.3. The first-order valence-corrected chi connectivity index (χ1v) is 7.44. The fourth-order valence-electron chi connectivity index (χ4n) is 2.19. The smallest absolute Gasteiger partial charge is 0.0718 e. The maximum Gasteiger partial charge on any atom is 0.0718 e. The lowest BCUT2D eigenvalue weighted by Gasteiger charge is -2.27. The molecule has 1 N–H and O–H groups in total. The van der Waals surface area contributed by atoms with Crippen LogP contribution in [0.5, 0.6) is 0 Å². The molecule has 0 saturated carbocycles. The molecule has 104 valence electrons. The van der Waals surface area contributed by atoms with Crippen LogP contribution < -0.4 is 0 Å². The van der Waals surface area contributed by atoms with Crippen LogP contribution in [0.25, 0.3) is 0 Å². The second-order valence-corrected chi connectivity index (χ2v) is 5.80. The van der Waals surface area contributed by atoms with E-state index in [9.17, 15) is 5.11 Å². The SMILES string of the molecule is CCCCCCCCCN(CC)CC(C)(C)O. The third kappa shape index (κ3) is 12.2. The molecule has 2 heteroatoms. The van der Waals surface area contributed by atoms with Gasteiger partial charge in [0.05, 0.1) is 5.60 Å². The molecule has 0 aromatic heterocycles. The van der Waals surface area contributed by atoms with E-state index in [2.05, 4.69) is 18.7 Å². The van der Waals surface area contributed by atoms with Crippen LogP contribution >= 0.6 is 0 Å². The minimum absolute atomic E-state index is 0.558. The summed E-state index contributed by atoms with van der Waals surface area (Å²) >= 11 is 0. The second kappa shape index (κ2) is 9.90. The molecule has 0 atom stereocenters. The number of aliphatic hydroxyl groups is 1. The van der Waals surface area contributed by atoms with Crippen molar-refractivity contribution in [3.63, 3.8) is 0 Å². The molecule has 0 rings (SSSR count). The van der Waals surface area contributed by atoms with Gasteiger partial charge in [-0.25, -0.2) is 0 Å². The zero-order valence-corrected chi connectivity index (χ0v) is 12.5. The van der Waals surface area contributed by atoms with Crippen molar-refractivity contribution in [2.45, 2.75) is 78.2 Å². The van der Waals surface area contributed by atoms with Gasteiger partial charge in [0.25, 0.3) is 0 Å². The summed E-state index contributed by atoms with van der Waals surface area (Å²) in [6.45, 7) is 11.2. The predicted molar refractivity (Wildman–Crippen MR) is 76.4 cm³/mol. The Hall–Kier alpha value is -0.0800. The van der Waals surface area contributed by atoms with Gasteiger partial charge in [-0.05, 0) is 33.4 Å². The molecule has 0 saturated heterocycles. The van der Waals surface area contributed by atoms with E-state index in [1.165, 1.54) is 44.9 Å². The first-order valence-electron chi connectivity index (χ1n) is 7.44. The summed E-state index contributed by atoms with van der Waals surface area (Å²) in [5, 5.41) is 9.78. The Balaban J connectivity index is 3.44. The van der Waals surface area contributed by atoms with Crippen molar-refractivity contribution in [2.75, 3.05) is 19.6 Å². The summed E-state index contributed by atoms with van der Waals surface area (Å²) in [4.78, 5) is 2.35. The lowest BCUT2D eigenvalue weighted by atomic mass is 10.1. The van der Waals surface area contributed by atoms with Gasteiger partial charge in [-0.15, -0.1) is 0 Å². The third-order valence-electron chi connectivity index (χ3n) is 3.14. The van der Waals surface area contributed by atoms with Crippen molar-refractivity contribution >= 4 is 0 Å². The highest BCUT2D eigenvalue weighted by Gasteiger charge is 2.16. The van der Waals surface area contributed by atoms with Crippen molar-refractivity contribution in [3.8, 4) is 0 Å². The molecule has 0 amide bonds. The number of hydrogen-bond donors (Lipinski definition) is 1. The van der Waals surface area contributed by atoms with Crippen LogP contribution in [0.1, 0.15) is 72.6 Å². The van der Waals surface area contributed by atoms with Gasteiger partial charge >= 0.3 is 0 Å². The van der Waals surface area contributed by atoms with Crippen molar-refractivity contribution in [2.24, 2.45) is 0 Å². The zero-order valence-electron chi connectivity index (χ0n) is 12.5. The van der Waals surface area contributed by atoms with Crippen molar-refractivity contribution in [1.82, 2.24) is 4.90 Å². The molecular weight excluding hydrogens is 210 g/mol. The second-order valence-electron chi connectivity index (χ2n) is 5.80. The van der Waals surface area contributed by atoms with Crippen molar-refractivity contribution in [1.29, 1.82) is 0 Å². The molecule has 0 aliphatic heterocycles. The molecule has 0 aromatic carbocycles. The van der Waals surface area contributed by atoms with Crippen LogP contribution in [0.4, 0.5) is 0 Å².